The standard InChI is InChI=1S/C29H22N4O9S3/c34-25-17-15-24(28-26(45(40,41)42)18-16-23(27(25)28)30-29(35)19-7-3-1-4-8-19)32-31-20-11-13-22(14-12-20)44(38,39)33-43(36,37)21-9-5-2-6-10-21/h1-18,33-34H,(H,30,35)(H,40,41,42)/b32-31+. The first kappa shape index (κ1) is 31.4. The van der Waals surface area contributed by atoms with Crippen LogP contribution in [0.3, 0.4) is 0 Å². The molecule has 0 aliphatic rings. The number of benzene rings is 5. The molecule has 0 saturated heterocycles. The third-order valence-corrected chi connectivity index (χ3v) is 10.8. The Morgan fingerprint density at radius 2 is 1.20 bits per heavy atom. The van der Waals surface area contributed by atoms with Crippen LogP contribution >= 0.6 is 0 Å². The number of rotatable bonds is 9. The molecular formula is C29H22N4O9S3. The summed E-state index contributed by atoms with van der Waals surface area (Å²) >= 11 is 0. The van der Waals surface area contributed by atoms with Gasteiger partial charge in [-0.05, 0) is 72.8 Å². The molecule has 16 heteroatoms. The number of carbonyl (C=O) groups excluding carboxylic acids is 1. The second kappa shape index (κ2) is 12.2. The summed E-state index contributed by atoms with van der Waals surface area (Å²) in [5, 5.41) is 21.0. The highest BCUT2D eigenvalue weighted by molar-refractivity contribution is 8.04. The van der Waals surface area contributed by atoms with Crippen LogP contribution in [0.5, 0.6) is 5.75 Å². The van der Waals surface area contributed by atoms with E-state index in [4.69, 9.17) is 0 Å². The van der Waals surface area contributed by atoms with Crippen molar-refractivity contribution in [2.45, 2.75) is 14.7 Å². The molecule has 0 fully saturated rings. The lowest BCUT2D eigenvalue weighted by atomic mass is 10.1. The molecule has 0 heterocycles. The number of sulfonamides is 2. The zero-order valence-corrected chi connectivity index (χ0v) is 25.2. The van der Waals surface area contributed by atoms with Gasteiger partial charge in [-0.1, -0.05) is 36.4 Å². The molecule has 0 spiro atoms. The molecule has 1 amide bonds. The van der Waals surface area contributed by atoms with Crippen molar-refractivity contribution in [2.75, 3.05) is 5.32 Å². The molecule has 0 bridgehead atoms. The lowest BCUT2D eigenvalue weighted by molar-refractivity contribution is 0.102. The van der Waals surface area contributed by atoms with E-state index in [0.29, 0.717) is 0 Å². The summed E-state index contributed by atoms with van der Waals surface area (Å²) in [6.07, 6.45) is 0. The predicted molar refractivity (Wildman–Crippen MR) is 164 cm³/mol. The fourth-order valence-electron chi connectivity index (χ4n) is 4.26. The number of amides is 1. The van der Waals surface area contributed by atoms with E-state index < -0.39 is 46.7 Å². The largest absolute Gasteiger partial charge is 0.507 e. The van der Waals surface area contributed by atoms with Crippen LogP contribution < -0.4 is 9.44 Å². The highest BCUT2D eigenvalue weighted by Crippen LogP contribution is 2.42. The molecule has 0 saturated carbocycles. The summed E-state index contributed by atoms with van der Waals surface area (Å²) in [6.45, 7) is 0. The molecule has 0 aliphatic heterocycles. The minimum Gasteiger partial charge on any atom is -0.507 e. The molecule has 0 aromatic heterocycles. The summed E-state index contributed by atoms with van der Waals surface area (Å²) in [7, 11) is -13.7. The topological polar surface area (TPSA) is 209 Å². The number of nitrogens with zero attached hydrogens (tertiary/aromatic N) is 2. The van der Waals surface area contributed by atoms with Gasteiger partial charge >= 0.3 is 0 Å². The first-order valence-electron chi connectivity index (χ1n) is 12.7. The zero-order valence-electron chi connectivity index (χ0n) is 22.8. The van der Waals surface area contributed by atoms with Gasteiger partial charge in [-0.3, -0.25) is 9.35 Å². The van der Waals surface area contributed by atoms with E-state index in [1.54, 1.807) is 40.5 Å². The fourth-order valence-corrected chi connectivity index (χ4v) is 7.90. The van der Waals surface area contributed by atoms with Gasteiger partial charge in [-0.25, -0.2) is 16.8 Å². The van der Waals surface area contributed by atoms with Crippen molar-refractivity contribution in [1.82, 2.24) is 4.13 Å². The van der Waals surface area contributed by atoms with Gasteiger partial charge in [0.05, 0.1) is 32.2 Å². The maximum absolute atomic E-state index is 12.8. The van der Waals surface area contributed by atoms with E-state index in [1.165, 1.54) is 54.6 Å². The highest BCUT2D eigenvalue weighted by Gasteiger charge is 2.25. The number of fused-ring (bicyclic) bond motifs is 1. The number of carbonyl (C=O) groups is 1. The average molecular weight is 667 g/mol. The molecule has 0 atom stereocenters. The van der Waals surface area contributed by atoms with E-state index in [9.17, 15) is 39.7 Å². The molecule has 230 valence electrons. The monoisotopic (exact) mass is 666 g/mol. The van der Waals surface area contributed by atoms with E-state index in [-0.39, 0.29) is 43.2 Å². The number of phenols is 1. The lowest BCUT2D eigenvalue weighted by Gasteiger charge is -2.14. The Bertz CT molecular complexity index is 2280. The molecule has 0 aliphatic carbocycles. The van der Waals surface area contributed by atoms with Crippen molar-refractivity contribution < 1.29 is 39.7 Å². The normalized spacial score (nSPS) is 12.4. The number of hydrogen-bond acceptors (Lipinski definition) is 10. The molecular weight excluding hydrogens is 645 g/mol. The van der Waals surface area contributed by atoms with Crippen molar-refractivity contribution in [3.8, 4) is 5.75 Å². The van der Waals surface area contributed by atoms with Crippen molar-refractivity contribution >= 4 is 63.9 Å². The summed E-state index contributed by atoms with van der Waals surface area (Å²) in [6, 6.07) is 24.4. The van der Waals surface area contributed by atoms with Crippen LogP contribution in [-0.2, 0) is 30.2 Å². The average Bonchev–Trinajstić information content (AvgIpc) is 3.01. The van der Waals surface area contributed by atoms with Crippen LogP contribution in [-0.4, -0.2) is 40.8 Å². The molecule has 13 nitrogen and oxygen atoms in total. The van der Waals surface area contributed by atoms with Crippen molar-refractivity contribution in [1.29, 1.82) is 0 Å². The van der Waals surface area contributed by atoms with E-state index in [2.05, 4.69) is 15.5 Å². The Balaban J connectivity index is 1.49. The Morgan fingerprint density at radius 1 is 0.622 bits per heavy atom. The van der Waals surface area contributed by atoms with Gasteiger partial charge in [0.1, 0.15) is 10.6 Å². The summed E-state index contributed by atoms with van der Waals surface area (Å²) < 4.78 is 86.6. The van der Waals surface area contributed by atoms with Crippen molar-refractivity contribution in [3.63, 3.8) is 0 Å². The first-order chi connectivity index (χ1) is 21.3. The number of phenolic OH excluding ortho intramolecular Hbond substituents is 1. The molecule has 5 rings (SSSR count). The molecule has 4 N–H and O–H groups in total. The van der Waals surface area contributed by atoms with Crippen LogP contribution in [0.2, 0.25) is 0 Å². The van der Waals surface area contributed by atoms with Gasteiger partial charge in [0, 0.05) is 10.9 Å². The molecule has 0 radical (unpaired) electrons. The SMILES string of the molecule is O=C(Nc1ccc(S(=O)(=O)O)c2c(/N=N/c3ccc(S(=O)(=O)NS(=O)(=O)c4ccccc4)cc3)ccc(O)c12)c1ccccc1. The quantitative estimate of drug-likeness (QED) is 0.121. The molecule has 45 heavy (non-hydrogen) atoms. The van der Waals surface area contributed by atoms with Gasteiger partial charge in [0.15, 0.2) is 0 Å². The summed E-state index contributed by atoms with van der Waals surface area (Å²) in [4.78, 5) is 11.6. The van der Waals surface area contributed by atoms with Crippen LogP contribution in [0, 0.1) is 0 Å². The first-order valence-corrected chi connectivity index (χ1v) is 17.1. The van der Waals surface area contributed by atoms with Crippen LogP contribution in [0.25, 0.3) is 10.8 Å². The van der Waals surface area contributed by atoms with Gasteiger partial charge in [-0.2, -0.15) is 13.5 Å². The number of azo groups is 1. The Kier molecular flexibility index (Phi) is 8.51. The number of anilines is 1. The molecule has 0 unspecified atom stereocenters. The molecule has 5 aromatic rings. The van der Waals surface area contributed by atoms with Gasteiger partial charge in [0.2, 0.25) is 0 Å². The van der Waals surface area contributed by atoms with Gasteiger partial charge in [0.25, 0.3) is 36.1 Å². The van der Waals surface area contributed by atoms with E-state index in [0.717, 1.165) is 18.2 Å². The Morgan fingerprint density at radius 3 is 1.80 bits per heavy atom. The summed E-state index contributed by atoms with van der Waals surface area (Å²) in [5.74, 6) is -0.977. The predicted octanol–water partition coefficient (Wildman–Crippen LogP) is 5.13. The zero-order chi connectivity index (χ0) is 32.4. The highest BCUT2D eigenvalue weighted by atomic mass is 32.3. The van der Waals surface area contributed by atoms with Crippen LogP contribution in [0.1, 0.15) is 10.4 Å². The second-order valence-electron chi connectivity index (χ2n) is 9.36. The second-order valence-corrected chi connectivity index (χ2v) is 14.4. The molecule has 5 aromatic carbocycles. The van der Waals surface area contributed by atoms with Crippen molar-refractivity contribution in [2.24, 2.45) is 10.2 Å². The van der Waals surface area contributed by atoms with Crippen LogP contribution in [0.4, 0.5) is 17.1 Å². The number of aromatic hydroxyl groups is 1. The lowest BCUT2D eigenvalue weighted by Crippen LogP contribution is -2.30. The van der Waals surface area contributed by atoms with Gasteiger partial charge in [-0.15, -0.1) is 9.24 Å². The van der Waals surface area contributed by atoms with E-state index >= 15 is 0 Å². The maximum atomic E-state index is 12.8. The Labute approximate surface area is 257 Å². The maximum Gasteiger partial charge on any atom is 0.295 e. The third kappa shape index (κ3) is 6.89. The summed E-state index contributed by atoms with van der Waals surface area (Å²) in [5.41, 5.74) is 0.271. The minimum absolute atomic E-state index is 0.0216. The minimum atomic E-state index is -4.85. The van der Waals surface area contributed by atoms with Crippen molar-refractivity contribution in [3.05, 3.63) is 115 Å². The van der Waals surface area contributed by atoms with E-state index in [1.807, 2.05) is 0 Å². The van der Waals surface area contributed by atoms with Gasteiger partial charge < -0.3 is 10.4 Å². The fraction of sp³-hybridized carbons (Fsp3) is 0. The Hall–Kier alpha value is -5.00. The number of hydrogen-bond donors (Lipinski definition) is 4. The van der Waals surface area contributed by atoms with Crippen LogP contribution in [0.15, 0.2) is 134 Å². The third-order valence-electron chi connectivity index (χ3n) is 6.33. The smallest absolute Gasteiger partial charge is 0.295 e. The number of nitrogens with one attached hydrogen (secondary N) is 2.